The minimum atomic E-state index is -0.266. The lowest BCUT2D eigenvalue weighted by atomic mass is 10.6. The van der Waals surface area contributed by atoms with Crippen LogP contribution in [-0.2, 0) is 0 Å². The van der Waals surface area contributed by atoms with E-state index in [0.29, 0.717) is 0 Å². The Morgan fingerprint density at radius 1 is 1.69 bits per heavy atom. The maximum absolute atomic E-state index is 11.5. The number of rotatable bonds is 2. The van der Waals surface area contributed by atoms with Crippen LogP contribution in [0.25, 0.3) is 0 Å². The molecule has 1 aromatic rings. The molecule has 2 N–H and O–H groups in total. The van der Waals surface area contributed by atoms with Gasteiger partial charge in [0, 0.05) is 12.4 Å². The van der Waals surface area contributed by atoms with Crippen LogP contribution in [0.1, 0.15) is 6.92 Å². The lowest BCUT2D eigenvalue weighted by Crippen LogP contribution is -2.42. The van der Waals surface area contributed by atoms with Crippen LogP contribution in [-0.4, -0.2) is 26.8 Å². The number of allylic oxidation sites excluding steroid dienone is 1. The molecule has 0 fully saturated rings. The van der Waals surface area contributed by atoms with Gasteiger partial charge in [-0.3, -0.25) is 5.41 Å². The average molecular weight is 179 g/mol. The van der Waals surface area contributed by atoms with Crippen LogP contribution < -0.4 is 5.41 Å². The van der Waals surface area contributed by atoms with Crippen LogP contribution in [0.4, 0.5) is 4.79 Å². The van der Waals surface area contributed by atoms with E-state index in [4.69, 9.17) is 5.41 Å². The molecule has 0 aliphatic heterocycles. The first kappa shape index (κ1) is 9.18. The fourth-order valence-electron chi connectivity index (χ4n) is 0.843. The highest BCUT2D eigenvalue weighted by Gasteiger charge is 2.15. The van der Waals surface area contributed by atoms with Gasteiger partial charge in [0.25, 0.3) is 0 Å². The van der Waals surface area contributed by atoms with Gasteiger partial charge in [0.1, 0.15) is 6.33 Å². The molecular weight excluding hydrogens is 168 g/mol. The molecule has 0 spiro atoms. The Labute approximate surface area is 75.8 Å². The first-order chi connectivity index (χ1) is 6.29. The van der Waals surface area contributed by atoms with Gasteiger partial charge < -0.3 is 0 Å². The zero-order chi connectivity index (χ0) is 9.68. The molecule has 5 heteroatoms. The van der Waals surface area contributed by atoms with Gasteiger partial charge in [0.05, 0.1) is 6.20 Å². The van der Waals surface area contributed by atoms with E-state index in [2.05, 4.69) is 4.98 Å². The number of hydrogen-bond donors (Lipinski definition) is 1. The molecule has 13 heavy (non-hydrogen) atoms. The second-order valence-corrected chi connectivity index (χ2v) is 2.29. The summed E-state index contributed by atoms with van der Waals surface area (Å²) in [5.74, 6) is 0. The minimum absolute atomic E-state index is 0.266. The monoisotopic (exact) mass is 179 g/mol. The van der Waals surface area contributed by atoms with E-state index in [1.165, 1.54) is 28.3 Å². The van der Waals surface area contributed by atoms with Gasteiger partial charge in [-0.2, -0.15) is 4.90 Å². The third-order valence-electron chi connectivity index (χ3n) is 1.42. The molecule has 0 saturated heterocycles. The van der Waals surface area contributed by atoms with Gasteiger partial charge in [-0.1, -0.05) is 0 Å². The normalized spacial score (nSPS) is 10.2. The third kappa shape index (κ3) is 2.02. The van der Waals surface area contributed by atoms with E-state index >= 15 is 0 Å². The first-order valence-electron chi connectivity index (χ1n) is 3.78. The average Bonchev–Trinajstić information content (AvgIpc) is 2.65. The predicted octanol–water partition coefficient (Wildman–Crippen LogP) is -0.526. The van der Waals surface area contributed by atoms with Crippen LogP contribution in [0.5, 0.6) is 0 Å². The maximum Gasteiger partial charge on any atom is 0.424 e. The maximum atomic E-state index is 11.5. The summed E-state index contributed by atoms with van der Waals surface area (Å²) in [5, 5.41) is 5.26. The lowest BCUT2D eigenvalue weighted by Gasteiger charge is -2.03. The number of carbonyl (C=O) groups excluding carboxylic acids is 1. The summed E-state index contributed by atoms with van der Waals surface area (Å²) < 4.78 is 1.34. The molecule has 1 rings (SSSR count). The Morgan fingerprint density at radius 2 is 2.46 bits per heavy atom. The van der Waals surface area contributed by atoms with Crippen molar-refractivity contribution in [3.63, 3.8) is 0 Å². The lowest BCUT2D eigenvalue weighted by molar-refractivity contribution is -0.113. The zero-order valence-corrected chi connectivity index (χ0v) is 7.29. The van der Waals surface area contributed by atoms with E-state index in [-0.39, 0.29) is 6.03 Å². The number of hydrogen-bond acceptors (Lipinski definition) is 2. The summed E-state index contributed by atoms with van der Waals surface area (Å²) in [6.07, 6.45) is 9.00. The van der Waals surface area contributed by atoms with Crippen molar-refractivity contribution in [2.24, 2.45) is 0 Å². The second kappa shape index (κ2) is 4.20. The molecule has 0 atom stereocenters. The molecule has 1 aromatic heterocycles. The SMILES string of the molecule is C/C=C\N(C=[NH2+])C(=O)n1ccnc1. The van der Waals surface area contributed by atoms with Gasteiger partial charge in [0.15, 0.2) is 0 Å². The minimum Gasteiger partial charge on any atom is -0.293 e. The Bertz CT molecular complexity index is 315. The quantitative estimate of drug-likeness (QED) is 0.490. The van der Waals surface area contributed by atoms with Crippen LogP contribution in [0.15, 0.2) is 31.0 Å². The Kier molecular flexibility index (Phi) is 2.97. The summed E-state index contributed by atoms with van der Waals surface area (Å²) in [4.78, 5) is 16.5. The number of carbonyl (C=O) groups is 1. The standard InChI is InChI=1S/C8H10N4O/c1-2-4-11(6-9)8(13)12-5-3-10-7-12/h2-7,9H,1H3/p+1/b4-2-,9-6?. The molecule has 68 valence electrons. The van der Waals surface area contributed by atoms with E-state index < -0.39 is 0 Å². The third-order valence-corrected chi connectivity index (χ3v) is 1.42. The summed E-state index contributed by atoms with van der Waals surface area (Å²) in [7, 11) is 0. The highest BCUT2D eigenvalue weighted by Crippen LogP contribution is 1.93. The number of aromatic nitrogens is 2. The highest BCUT2D eigenvalue weighted by atomic mass is 16.2. The molecule has 0 radical (unpaired) electrons. The Morgan fingerprint density at radius 3 is 2.92 bits per heavy atom. The van der Waals surface area contributed by atoms with Crippen LogP contribution in [0.3, 0.4) is 0 Å². The van der Waals surface area contributed by atoms with E-state index in [1.807, 2.05) is 0 Å². The van der Waals surface area contributed by atoms with Gasteiger partial charge in [-0.15, -0.1) is 0 Å². The first-order valence-corrected chi connectivity index (χ1v) is 3.78. The van der Waals surface area contributed by atoms with Gasteiger partial charge in [-0.25, -0.2) is 14.3 Å². The highest BCUT2D eigenvalue weighted by molar-refractivity contribution is 5.87. The summed E-state index contributed by atoms with van der Waals surface area (Å²) >= 11 is 0. The molecule has 5 nitrogen and oxygen atoms in total. The van der Waals surface area contributed by atoms with E-state index in [0.717, 1.165) is 0 Å². The van der Waals surface area contributed by atoms with Crippen molar-refractivity contribution in [1.82, 2.24) is 14.5 Å². The fraction of sp³-hybridized carbons (Fsp3) is 0.125. The Hall–Kier alpha value is -1.91. The fourth-order valence-corrected chi connectivity index (χ4v) is 0.843. The number of amides is 1. The number of imidazole rings is 1. The van der Waals surface area contributed by atoms with Crippen molar-refractivity contribution >= 4 is 12.4 Å². The van der Waals surface area contributed by atoms with Gasteiger partial charge in [0.2, 0.25) is 6.34 Å². The summed E-state index contributed by atoms with van der Waals surface area (Å²) in [6, 6.07) is -0.266. The molecule has 1 amide bonds. The van der Waals surface area contributed by atoms with Crippen molar-refractivity contribution in [2.45, 2.75) is 6.92 Å². The van der Waals surface area contributed by atoms with Crippen molar-refractivity contribution in [3.8, 4) is 0 Å². The van der Waals surface area contributed by atoms with Crippen LogP contribution in [0, 0.1) is 0 Å². The predicted molar refractivity (Wildman–Crippen MR) is 47.7 cm³/mol. The topological polar surface area (TPSA) is 63.7 Å². The second-order valence-electron chi connectivity index (χ2n) is 2.29. The molecule has 0 aliphatic rings. The molecule has 0 unspecified atom stereocenters. The molecule has 1 heterocycles. The van der Waals surface area contributed by atoms with Gasteiger partial charge in [-0.05, 0) is 13.0 Å². The largest absolute Gasteiger partial charge is 0.424 e. The van der Waals surface area contributed by atoms with Crippen molar-refractivity contribution in [1.29, 1.82) is 0 Å². The smallest absolute Gasteiger partial charge is 0.293 e. The van der Waals surface area contributed by atoms with Crippen molar-refractivity contribution in [3.05, 3.63) is 31.0 Å². The Balaban J connectivity index is 2.82. The van der Waals surface area contributed by atoms with Crippen LogP contribution in [0.2, 0.25) is 0 Å². The molecular formula is C8H11N4O+. The number of nitrogens with two attached hydrogens (primary N) is 1. The van der Waals surface area contributed by atoms with Crippen LogP contribution >= 0.6 is 0 Å². The van der Waals surface area contributed by atoms with Crippen molar-refractivity contribution < 1.29 is 10.2 Å². The van der Waals surface area contributed by atoms with E-state index in [9.17, 15) is 4.79 Å². The summed E-state index contributed by atoms with van der Waals surface area (Å²) in [6.45, 7) is 1.80. The summed E-state index contributed by atoms with van der Waals surface area (Å²) in [5.41, 5.74) is 0. The zero-order valence-electron chi connectivity index (χ0n) is 7.29. The number of nitrogens with zero attached hydrogens (tertiary/aromatic N) is 3. The molecule has 0 aliphatic carbocycles. The molecule has 0 saturated carbocycles. The van der Waals surface area contributed by atoms with E-state index in [1.54, 1.807) is 25.4 Å². The molecule has 0 bridgehead atoms. The van der Waals surface area contributed by atoms with Crippen molar-refractivity contribution in [2.75, 3.05) is 0 Å². The van der Waals surface area contributed by atoms with Gasteiger partial charge >= 0.3 is 6.03 Å². The molecule has 0 aromatic carbocycles.